The zero-order chi connectivity index (χ0) is 37.9. The van der Waals surface area contributed by atoms with Crippen LogP contribution in [0.3, 0.4) is 0 Å². The second-order valence-corrected chi connectivity index (χ2v) is 14.0. The molecule has 4 aliphatic rings. The molecule has 53 heavy (non-hydrogen) atoms. The van der Waals surface area contributed by atoms with Gasteiger partial charge in [-0.25, -0.2) is 9.79 Å². The molecule has 3 aromatic rings. The summed E-state index contributed by atoms with van der Waals surface area (Å²) in [5, 5.41) is 32.6. The van der Waals surface area contributed by atoms with Gasteiger partial charge in [0.1, 0.15) is 12.4 Å². The van der Waals surface area contributed by atoms with Crippen molar-refractivity contribution >= 4 is 65.3 Å². The normalized spacial score (nSPS) is 18.7. The number of hydrogen-bond donors (Lipinski definition) is 3. The van der Waals surface area contributed by atoms with E-state index in [0.717, 1.165) is 55.7 Å². The largest absolute Gasteiger partial charge is 0.497 e. The van der Waals surface area contributed by atoms with Crippen molar-refractivity contribution in [3.63, 3.8) is 0 Å². The number of aliphatic imine (C=N–C) groups is 2. The average Bonchev–Trinajstić information content (AvgIpc) is 3.76. The second kappa shape index (κ2) is 13.5. The highest BCUT2D eigenvalue weighted by atomic mass is 16.5. The number of nitrogens with zero attached hydrogens (tertiary/aromatic N) is 4. The van der Waals surface area contributed by atoms with Crippen molar-refractivity contribution in [2.24, 2.45) is 21.8 Å². The number of aromatic carboxylic acids is 1. The van der Waals surface area contributed by atoms with Gasteiger partial charge < -0.3 is 29.2 Å². The Morgan fingerprint density at radius 2 is 1.64 bits per heavy atom. The predicted octanol–water partition coefficient (Wildman–Crippen LogP) is 6.16. The first-order valence-corrected chi connectivity index (χ1v) is 17.8. The maximum absolute atomic E-state index is 13.3. The number of carboxylic acid groups (broad SMARTS) is 3. The molecule has 2 aromatic heterocycles. The lowest BCUT2D eigenvalue weighted by atomic mass is 9.84. The van der Waals surface area contributed by atoms with E-state index >= 15 is 0 Å². The fraction of sp³-hybridized carbons (Fsp3) is 0.310. The Kier molecular flexibility index (Phi) is 9.05. The van der Waals surface area contributed by atoms with E-state index in [1.54, 1.807) is 14.0 Å². The maximum Gasteiger partial charge on any atom is 0.338 e. The number of carbonyl (C=O) groups is 3. The molecule has 11 nitrogen and oxygen atoms in total. The van der Waals surface area contributed by atoms with Crippen molar-refractivity contribution < 1.29 is 34.4 Å². The second-order valence-electron chi connectivity index (χ2n) is 14.0. The van der Waals surface area contributed by atoms with Gasteiger partial charge in [0, 0.05) is 46.1 Å². The Balaban J connectivity index is 1.64. The zero-order valence-electron chi connectivity index (χ0n) is 30.6. The summed E-state index contributed by atoms with van der Waals surface area (Å²) in [4.78, 5) is 48.1. The summed E-state index contributed by atoms with van der Waals surface area (Å²) in [6.07, 6.45) is 10.4. The van der Waals surface area contributed by atoms with Crippen LogP contribution in [0.5, 0.6) is 5.75 Å². The van der Waals surface area contributed by atoms with E-state index in [2.05, 4.69) is 37.5 Å². The molecule has 0 aliphatic carbocycles. The first-order chi connectivity index (χ1) is 25.3. The van der Waals surface area contributed by atoms with Crippen LogP contribution in [0.2, 0.25) is 0 Å². The third-order valence-electron chi connectivity index (χ3n) is 11.1. The summed E-state index contributed by atoms with van der Waals surface area (Å²) < 4.78 is 9.41. The average molecular weight is 715 g/mol. The first kappa shape index (κ1) is 35.4. The summed E-state index contributed by atoms with van der Waals surface area (Å²) in [7, 11) is 1.63. The number of carboxylic acids is 3. The van der Waals surface area contributed by atoms with Crippen LogP contribution in [0.25, 0.3) is 36.0 Å². The van der Waals surface area contributed by atoms with Crippen molar-refractivity contribution in [2.75, 3.05) is 7.11 Å². The lowest BCUT2D eigenvalue weighted by Gasteiger charge is -2.21. The van der Waals surface area contributed by atoms with Crippen molar-refractivity contribution in [1.29, 1.82) is 0 Å². The highest BCUT2D eigenvalue weighted by Gasteiger charge is 2.38. The van der Waals surface area contributed by atoms with Crippen molar-refractivity contribution in [3.8, 4) is 5.75 Å². The van der Waals surface area contributed by atoms with Gasteiger partial charge in [-0.1, -0.05) is 38.1 Å². The molecule has 272 valence electrons. The molecular formula is C42H42N4O7. The first-order valence-electron chi connectivity index (χ1n) is 17.8. The Morgan fingerprint density at radius 1 is 0.906 bits per heavy atom. The molecule has 6 bridgehead atoms. The van der Waals surface area contributed by atoms with Gasteiger partial charge in [-0.3, -0.25) is 14.6 Å². The lowest BCUT2D eigenvalue weighted by molar-refractivity contribution is -0.137. The summed E-state index contributed by atoms with van der Waals surface area (Å²) in [5.74, 6) is -3.26. The third kappa shape index (κ3) is 5.99. The van der Waals surface area contributed by atoms with Gasteiger partial charge in [0.25, 0.3) is 0 Å². The van der Waals surface area contributed by atoms with E-state index < -0.39 is 30.2 Å². The van der Waals surface area contributed by atoms with Crippen LogP contribution in [0.4, 0.5) is 0 Å². The molecule has 7 rings (SSSR count). The minimum absolute atomic E-state index is 0.00535. The molecule has 0 unspecified atom stereocenters. The number of fused-ring (bicyclic) bond motifs is 2. The molecular weight excluding hydrogens is 672 g/mol. The molecule has 11 heteroatoms. The van der Waals surface area contributed by atoms with Gasteiger partial charge in [-0.2, -0.15) is 0 Å². The van der Waals surface area contributed by atoms with E-state index in [9.17, 15) is 29.7 Å². The number of aliphatic carboxylic acids is 2. The predicted molar refractivity (Wildman–Crippen MR) is 205 cm³/mol. The topological polar surface area (TPSA) is 156 Å². The standard InChI is InChI=1S/C42H42N4O7/c1-7-27-21(2)31-18-36-28(13-10-25-8-11-26(53-6)12-9-25)23(4)34-17-32-22(3)29(14-15-37(47)48)40(44-32)30(16-38(49)50)41-39(42(51)52)24(5)35(19-33(27)43-31)46(41)20-45(34)36/h8-13,17-19,22,29H,7,14-16,20H2,1-6H3,(H,47,48)(H,49,50)(H,51,52)/b13-10+,31-18?,32-17?,33-19?,34-17?,35-19?,36-18?,40-30?,41-30?/t22-,29-/m0/s1. The molecule has 2 atom stereocenters. The maximum atomic E-state index is 13.3. The van der Waals surface area contributed by atoms with Crippen molar-refractivity contribution in [1.82, 2.24) is 9.13 Å². The Bertz CT molecular complexity index is 2440. The van der Waals surface area contributed by atoms with Crippen LogP contribution >= 0.6 is 0 Å². The number of rotatable bonds is 10. The fourth-order valence-corrected chi connectivity index (χ4v) is 8.29. The van der Waals surface area contributed by atoms with Gasteiger partial charge in [0.15, 0.2) is 0 Å². The fourth-order valence-electron chi connectivity index (χ4n) is 8.29. The molecule has 0 saturated carbocycles. The van der Waals surface area contributed by atoms with Crippen LogP contribution < -0.4 is 15.4 Å². The lowest BCUT2D eigenvalue weighted by Crippen LogP contribution is -2.33. The minimum Gasteiger partial charge on any atom is -0.497 e. The SMILES string of the molecule is CCC1=C(C)C2=NC1=Cc1c(C)c(C(=O)O)c3n1Cn1c(c(C)c(/C=C/c4ccc(OC)cc4)c1=C2)=CC1=NC(=C3CC(=O)O)[C@@H](CCC(=O)O)[C@@H]1C. The van der Waals surface area contributed by atoms with Crippen molar-refractivity contribution in [3.05, 3.63) is 96.7 Å². The van der Waals surface area contributed by atoms with Crippen LogP contribution in [0.1, 0.15) is 90.5 Å². The number of allylic oxidation sites excluding steroid dienone is 3. The van der Waals surface area contributed by atoms with E-state index in [1.807, 2.05) is 54.0 Å². The monoisotopic (exact) mass is 714 g/mol. The molecule has 0 amide bonds. The van der Waals surface area contributed by atoms with Gasteiger partial charge >= 0.3 is 17.9 Å². The highest BCUT2D eigenvalue weighted by molar-refractivity contribution is 6.23. The number of hydrogen-bond acceptors (Lipinski definition) is 6. The van der Waals surface area contributed by atoms with E-state index in [4.69, 9.17) is 14.7 Å². The van der Waals surface area contributed by atoms with Crippen molar-refractivity contribution in [2.45, 2.75) is 67.0 Å². The molecule has 0 radical (unpaired) electrons. The van der Waals surface area contributed by atoms with E-state index in [0.29, 0.717) is 29.1 Å². The number of methoxy groups -OCH3 is 1. The molecule has 0 spiro atoms. The zero-order valence-corrected chi connectivity index (χ0v) is 30.6. The van der Waals surface area contributed by atoms with E-state index in [1.165, 1.54) is 0 Å². The Labute approximate surface area is 306 Å². The highest BCUT2D eigenvalue weighted by Crippen LogP contribution is 2.44. The summed E-state index contributed by atoms with van der Waals surface area (Å²) in [5.41, 5.74) is 9.24. The van der Waals surface area contributed by atoms with Gasteiger partial charge in [-0.15, -0.1) is 0 Å². The number of benzene rings is 1. The number of ether oxygens (including phenoxy) is 1. The molecule has 4 aliphatic heterocycles. The minimum atomic E-state index is -1.19. The third-order valence-corrected chi connectivity index (χ3v) is 11.1. The van der Waals surface area contributed by atoms with Gasteiger partial charge in [0.2, 0.25) is 0 Å². The molecule has 1 aromatic carbocycles. The molecule has 0 saturated heterocycles. The Hall–Kier alpha value is -5.97. The van der Waals surface area contributed by atoms with E-state index in [-0.39, 0.29) is 42.3 Å². The quantitative estimate of drug-likeness (QED) is 0.227. The van der Waals surface area contributed by atoms with Gasteiger partial charge in [0.05, 0.1) is 47.2 Å². The summed E-state index contributed by atoms with van der Waals surface area (Å²) >= 11 is 0. The van der Waals surface area contributed by atoms with Gasteiger partial charge in [-0.05, 0) is 91.8 Å². The molecule has 0 fully saturated rings. The number of aromatic nitrogens is 2. The van der Waals surface area contributed by atoms with Crippen LogP contribution in [-0.2, 0) is 16.3 Å². The van der Waals surface area contributed by atoms with Crippen LogP contribution in [0, 0.1) is 25.7 Å². The Morgan fingerprint density at radius 3 is 2.28 bits per heavy atom. The molecule has 6 heterocycles. The van der Waals surface area contributed by atoms with Crippen LogP contribution in [-0.4, -0.2) is 60.9 Å². The smallest absolute Gasteiger partial charge is 0.338 e. The summed E-state index contributed by atoms with van der Waals surface area (Å²) in [6.45, 7) is 10.1. The van der Waals surface area contributed by atoms with Crippen LogP contribution in [0.15, 0.2) is 56.8 Å². The summed E-state index contributed by atoms with van der Waals surface area (Å²) in [6, 6.07) is 7.78. The molecule has 3 N–H and O–H groups in total.